The molecular formula is C27H37N3O5S. The van der Waals surface area contributed by atoms with Gasteiger partial charge in [0.2, 0.25) is 11.8 Å². The zero-order chi connectivity index (χ0) is 26.6. The molecule has 36 heavy (non-hydrogen) atoms. The van der Waals surface area contributed by atoms with Crippen LogP contribution in [0.2, 0.25) is 0 Å². The Balaban J connectivity index is 1.90. The zero-order valence-electron chi connectivity index (χ0n) is 22.0. The highest BCUT2D eigenvalue weighted by atomic mass is 32.1. The van der Waals surface area contributed by atoms with Gasteiger partial charge < -0.3 is 19.1 Å². The lowest BCUT2D eigenvalue weighted by Crippen LogP contribution is -2.47. The predicted octanol–water partition coefficient (Wildman–Crippen LogP) is 4.26. The van der Waals surface area contributed by atoms with Gasteiger partial charge in [-0.25, -0.2) is 14.8 Å². The third-order valence-corrected chi connectivity index (χ3v) is 7.55. The summed E-state index contributed by atoms with van der Waals surface area (Å²) in [6.07, 6.45) is 2.96. The lowest BCUT2D eigenvalue weighted by Gasteiger charge is -2.34. The van der Waals surface area contributed by atoms with Crippen LogP contribution in [0.15, 0.2) is 30.9 Å². The minimum Gasteiger partial charge on any atom is -0.497 e. The molecule has 1 aromatic heterocycles. The molecule has 1 aliphatic heterocycles. The van der Waals surface area contributed by atoms with Crippen LogP contribution in [0, 0.1) is 11.3 Å². The Morgan fingerprint density at radius 1 is 1.25 bits per heavy atom. The SMILES string of the molecule is C=CCCc1nc2ccc(OC)cc2nc1OC1CC(C(=O)OC)N(C(=O)C(S)C(C)C(C)(C)C)C1. The van der Waals surface area contributed by atoms with Crippen LogP contribution in [-0.4, -0.2) is 64.9 Å². The summed E-state index contributed by atoms with van der Waals surface area (Å²) < 4.78 is 16.7. The summed E-state index contributed by atoms with van der Waals surface area (Å²) >= 11 is 4.64. The molecule has 0 N–H and O–H groups in total. The fourth-order valence-electron chi connectivity index (χ4n) is 4.18. The summed E-state index contributed by atoms with van der Waals surface area (Å²) in [6, 6.07) is 4.74. The largest absolute Gasteiger partial charge is 0.497 e. The predicted molar refractivity (Wildman–Crippen MR) is 143 cm³/mol. The van der Waals surface area contributed by atoms with E-state index in [1.165, 1.54) is 12.0 Å². The molecule has 0 aliphatic carbocycles. The van der Waals surface area contributed by atoms with Gasteiger partial charge in [-0.15, -0.1) is 6.58 Å². The number of ether oxygens (including phenoxy) is 3. The van der Waals surface area contributed by atoms with Crippen molar-refractivity contribution in [1.29, 1.82) is 0 Å². The third kappa shape index (κ3) is 6.11. The van der Waals surface area contributed by atoms with Crippen LogP contribution in [-0.2, 0) is 20.7 Å². The van der Waals surface area contributed by atoms with E-state index in [2.05, 4.69) is 40.0 Å². The fourth-order valence-corrected chi connectivity index (χ4v) is 4.77. The summed E-state index contributed by atoms with van der Waals surface area (Å²) in [5, 5.41) is -0.563. The first kappa shape index (κ1) is 27.8. The van der Waals surface area contributed by atoms with Crippen molar-refractivity contribution >= 4 is 35.5 Å². The molecule has 1 aromatic carbocycles. The van der Waals surface area contributed by atoms with Gasteiger partial charge >= 0.3 is 5.97 Å². The van der Waals surface area contributed by atoms with E-state index in [4.69, 9.17) is 24.2 Å². The Hall–Kier alpha value is -2.81. The molecule has 9 heteroatoms. The standard InChI is InChI=1S/C27H37N3O5S/c1-8-9-10-20-24(29-21-13-17(33-6)11-12-19(21)28-20)35-18-14-22(26(32)34-7)30(15-18)25(31)23(36)16(2)27(3,4)5/h8,11-13,16,18,22-23,36H,1,9-10,14-15H2,2-7H3. The van der Waals surface area contributed by atoms with Crippen LogP contribution in [0.3, 0.4) is 0 Å². The van der Waals surface area contributed by atoms with E-state index in [1.807, 2.05) is 25.1 Å². The van der Waals surface area contributed by atoms with Gasteiger partial charge in [-0.2, -0.15) is 12.6 Å². The maximum Gasteiger partial charge on any atom is 0.328 e. The lowest BCUT2D eigenvalue weighted by molar-refractivity contribution is -0.151. The van der Waals surface area contributed by atoms with Crippen LogP contribution in [0.4, 0.5) is 0 Å². The van der Waals surface area contributed by atoms with Crippen LogP contribution in [0.5, 0.6) is 11.6 Å². The summed E-state index contributed by atoms with van der Waals surface area (Å²) in [5.74, 6) is 0.352. The molecule has 2 heterocycles. The number of rotatable bonds is 9. The Morgan fingerprint density at radius 3 is 2.58 bits per heavy atom. The number of benzene rings is 1. The number of esters is 1. The number of thiol groups is 1. The first-order valence-electron chi connectivity index (χ1n) is 12.2. The molecule has 196 valence electrons. The van der Waals surface area contributed by atoms with E-state index in [9.17, 15) is 9.59 Å². The maximum absolute atomic E-state index is 13.4. The Bertz CT molecular complexity index is 1120. The highest BCUT2D eigenvalue weighted by Crippen LogP contribution is 2.34. The first-order valence-corrected chi connectivity index (χ1v) is 12.7. The normalized spacial score (nSPS) is 19.6. The molecule has 1 fully saturated rings. The van der Waals surface area contributed by atoms with E-state index in [1.54, 1.807) is 13.2 Å². The van der Waals surface area contributed by atoms with Gasteiger partial charge in [0.25, 0.3) is 0 Å². The number of hydrogen-bond acceptors (Lipinski definition) is 8. The summed E-state index contributed by atoms with van der Waals surface area (Å²) in [7, 11) is 2.92. The quantitative estimate of drug-likeness (QED) is 0.303. The van der Waals surface area contributed by atoms with Crippen molar-refractivity contribution in [2.45, 2.75) is 64.4 Å². The van der Waals surface area contributed by atoms with E-state index in [0.29, 0.717) is 42.1 Å². The molecule has 0 radical (unpaired) electrons. The topological polar surface area (TPSA) is 90.8 Å². The van der Waals surface area contributed by atoms with Crippen molar-refractivity contribution in [1.82, 2.24) is 14.9 Å². The van der Waals surface area contributed by atoms with Crippen molar-refractivity contribution in [2.75, 3.05) is 20.8 Å². The number of methoxy groups -OCH3 is 2. The van der Waals surface area contributed by atoms with Crippen molar-refractivity contribution < 1.29 is 23.8 Å². The van der Waals surface area contributed by atoms with Gasteiger partial charge in [0.15, 0.2) is 0 Å². The second-order valence-corrected chi connectivity index (χ2v) is 10.8. The van der Waals surface area contributed by atoms with Crippen LogP contribution in [0.1, 0.15) is 46.2 Å². The number of nitrogens with zero attached hydrogens (tertiary/aromatic N) is 3. The number of hydrogen-bond donors (Lipinski definition) is 1. The van der Waals surface area contributed by atoms with Crippen molar-refractivity contribution in [3.8, 4) is 11.6 Å². The van der Waals surface area contributed by atoms with Crippen LogP contribution >= 0.6 is 12.6 Å². The van der Waals surface area contributed by atoms with Crippen molar-refractivity contribution in [3.63, 3.8) is 0 Å². The van der Waals surface area contributed by atoms with Gasteiger partial charge in [-0.3, -0.25) is 4.79 Å². The molecule has 3 rings (SSSR count). The molecule has 2 aromatic rings. The summed E-state index contributed by atoms with van der Waals surface area (Å²) in [6.45, 7) is 12.2. The van der Waals surface area contributed by atoms with E-state index in [0.717, 1.165) is 5.52 Å². The monoisotopic (exact) mass is 515 g/mol. The van der Waals surface area contributed by atoms with Gasteiger partial charge in [0.1, 0.15) is 23.6 Å². The van der Waals surface area contributed by atoms with Gasteiger partial charge in [-0.05, 0) is 36.3 Å². The second-order valence-electron chi connectivity index (χ2n) is 10.3. The summed E-state index contributed by atoms with van der Waals surface area (Å²) in [5.41, 5.74) is 1.93. The number of likely N-dealkylation sites (tertiary alicyclic amines) is 1. The minimum atomic E-state index is -0.751. The van der Waals surface area contributed by atoms with Gasteiger partial charge in [-0.1, -0.05) is 33.8 Å². The van der Waals surface area contributed by atoms with Gasteiger partial charge in [0, 0.05) is 12.5 Å². The third-order valence-electron chi connectivity index (χ3n) is 6.88. The maximum atomic E-state index is 13.4. The van der Waals surface area contributed by atoms with E-state index < -0.39 is 23.4 Å². The molecule has 1 aliphatic rings. The Kier molecular flexibility index (Phi) is 8.87. The average molecular weight is 516 g/mol. The molecule has 8 nitrogen and oxygen atoms in total. The fraction of sp³-hybridized carbons (Fsp3) is 0.556. The molecule has 0 bridgehead atoms. The average Bonchev–Trinajstić information content (AvgIpc) is 3.28. The number of fused-ring (bicyclic) bond motifs is 1. The van der Waals surface area contributed by atoms with Crippen LogP contribution < -0.4 is 9.47 Å². The molecular weight excluding hydrogens is 478 g/mol. The summed E-state index contributed by atoms with van der Waals surface area (Å²) in [4.78, 5) is 37.1. The Morgan fingerprint density at radius 2 is 1.97 bits per heavy atom. The molecule has 0 saturated carbocycles. The Labute approximate surface area is 218 Å². The molecule has 0 spiro atoms. The molecule has 4 unspecified atom stereocenters. The number of carbonyl (C=O) groups excluding carboxylic acids is 2. The molecule has 1 saturated heterocycles. The van der Waals surface area contributed by atoms with Crippen molar-refractivity contribution in [2.24, 2.45) is 11.3 Å². The van der Waals surface area contributed by atoms with Gasteiger partial charge in [0.05, 0.1) is 37.0 Å². The number of carbonyl (C=O) groups is 2. The molecule has 1 amide bonds. The minimum absolute atomic E-state index is 0.0153. The first-order chi connectivity index (χ1) is 17.0. The van der Waals surface area contributed by atoms with Crippen LogP contribution in [0.25, 0.3) is 11.0 Å². The number of allylic oxidation sites excluding steroid dienone is 1. The number of amides is 1. The van der Waals surface area contributed by atoms with Crippen molar-refractivity contribution in [3.05, 3.63) is 36.5 Å². The highest BCUT2D eigenvalue weighted by Gasteiger charge is 2.45. The smallest absolute Gasteiger partial charge is 0.328 e. The van der Waals surface area contributed by atoms with E-state index in [-0.39, 0.29) is 23.8 Å². The lowest BCUT2D eigenvalue weighted by atomic mass is 9.79. The van der Waals surface area contributed by atoms with E-state index >= 15 is 0 Å². The number of aromatic nitrogens is 2. The zero-order valence-corrected chi connectivity index (χ0v) is 22.9. The number of aryl methyl sites for hydroxylation is 1. The molecule has 4 atom stereocenters. The highest BCUT2D eigenvalue weighted by molar-refractivity contribution is 7.81. The second kappa shape index (κ2) is 11.5.